The molecule has 0 spiro atoms. The molecule has 1 heterocycles. The van der Waals surface area contributed by atoms with Gasteiger partial charge in [-0.05, 0) is 25.2 Å². The molecule has 2 aliphatic rings. The van der Waals surface area contributed by atoms with Gasteiger partial charge < -0.3 is 5.32 Å². The molecule has 2 nitrogen and oxygen atoms in total. The molecule has 0 aromatic carbocycles. The summed E-state index contributed by atoms with van der Waals surface area (Å²) in [5.74, 6) is 1.15. The fraction of sp³-hybridized carbons (Fsp3) is 0.917. The first kappa shape index (κ1) is 10.0. The zero-order valence-electron chi connectivity index (χ0n) is 9.14. The van der Waals surface area contributed by atoms with E-state index in [2.05, 4.69) is 12.2 Å². The van der Waals surface area contributed by atoms with E-state index in [0.29, 0.717) is 0 Å². The van der Waals surface area contributed by atoms with Gasteiger partial charge in [0.25, 0.3) is 0 Å². The Morgan fingerprint density at radius 1 is 1.43 bits per heavy atom. The van der Waals surface area contributed by atoms with Crippen LogP contribution in [-0.2, 0) is 4.79 Å². The van der Waals surface area contributed by atoms with Crippen LogP contribution in [0.25, 0.3) is 0 Å². The second-order valence-electron chi connectivity index (χ2n) is 5.04. The van der Waals surface area contributed by atoms with Gasteiger partial charge in [0.1, 0.15) is 0 Å². The van der Waals surface area contributed by atoms with Gasteiger partial charge in [0.2, 0.25) is 5.91 Å². The lowest BCUT2D eigenvalue weighted by Gasteiger charge is -2.30. The lowest BCUT2D eigenvalue weighted by Crippen LogP contribution is -2.42. The van der Waals surface area contributed by atoms with Crippen LogP contribution in [-0.4, -0.2) is 11.4 Å². The third kappa shape index (κ3) is 1.94. The zero-order valence-corrected chi connectivity index (χ0v) is 9.14. The Kier molecular flexibility index (Phi) is 2.80. The summed E-state index contributed by atoms with van der Waals surface area (Å²) in [5, 5.41) is 3.20. The molecular formula is C12H21NO. The number of hydrogen-bond acceptors (Lipinski definition) is 1. The van der Waals surface area contributed by atoms with Crippen molar-refractivity contribution in [1.82, 2.24) is 5.32 Å². The third-order valence-corrected chi connectivity index (χ3v) is 4.07. The van der Waals surface area contributed by atoms with E-state index < -0.39 is 0 Å². The van der Waals surface area contributed by atoms with Crippen molar-refractivity contribution in [3.8, 4) is 0 Å². The molecule has 14 heavy (non-hydrogen) atoms. The van der Waals surface area contributed by atoms with E-state index in [9.17, 15) is 4.79 Å². The van der Waals surface area contributed by atoms with Crippen molar-refractivity contribution in [3.63, 3.8) is 0 Å². The van der Waals surface area contributed by atoms with E-state index in [1.165, 1.54) is 32.1 Å². The summed E-state index contributed by atoms with van der Waals surface area (Å²) in [6.45, 7) is 2.21. The Morgan fingerprint density at radius 3 is 2.64 bits per heavy atom. The van der Waals surface area contributed by atoms with Crippen LogP contribution in [0.5, 0.6) is 0 Å². The predicted octanol–water partition coefficient (Wildman–Crippen LogP) is 2.63. The molecule has 0 aromatic rings. The maximum absolute atomic E-state index is 11.3. The molecule has 0 radical (unpaired) electrons. The van der Waals surface area contributed by atoms with Gasteiger partial charge in [0.15, 0.2) is 0 Å². The van der Waals surface area contributed by atoms with Gasteiger partial charge in [-0.15, -0.1) is 0 Å². The van der Waals surface area contributed by atoms with Crippen molar-refractivity contribution in [1.29, 1.82) is 0 Å². The van der Waals surface area contributed by atoms with Gasteiger partial charge in [-0.2, -0.15) is 0 Å². The van der Waals surface area contributed by atoms with Crippen LogP contribution in [0.3, 0.4) is 0 Å². The first-order valence-corrected chi connectivity index (χ1v) is 6.05. The van der Waals surface area contributed by atoms with Crippen LogP contribution in [0, 0.1) is 5.92 Å². The monoisotopic (exact) mass is 195 g/mol. The minimum Gasteiger partial charge on any atom is -0.351 e. The van der Waals surface area contributed by atoms with Crippen molar-refractivity contribution in [3.05, 3.63) is 0 Å². The van der Waals surface area contributed by atoms with Crippen LogP contribution in [0.15, 0.2) is 0 Å². The van der Waals surface area contributed by atoms with Crippen LogP contribution >= 0.6 is 0 Å². The molecule has 1 saturated heterocycles. The van der Waals surface area contributed by atoms with E-state index in [1.54, 1.807) is 0 Å². The highest BCUT2D eigenvalue weighted by atomic mass is 16.2. The molecule has 1 aliphatic heterocycles. The topological polar surface area (TPSA) is 29.1 Å². The average Bonchev–Trinajstić information content (AvgIpc) is 2.77. The first-order chi connectivity index (χ1) is 6.74. The standard InChI is InChI=1S/C12H21NO/c1-2-12(8-7-11(14)13-12)9-10-5-3-4-6-10/h10H,2-9H2,1H3,(H,13,14). The predicted molar refractivity (Wildman–Crippen MR) is 57.0 cm³/mol. The van der Waals surface area contributed by atoms with Crippen LogP contribution in [0.2, 0.25) is 0 Å². The number of amides is 1. The van der Waals surface area contributed by atoms with Crippen molar-refractivity contribution in [2.75, 3.05) is 0 Å². The zero-order chi connectivity index (χ0) is 10.0. The molecule has 0 bridgehead atoms. The largest absolute Gasteiger partial charge is 0.351 e. The number of carbonyl (C=O) groups excluding carboxylic acids is 1. The number of hydrogen-bond donors (Lipinski definition) is 1. The maximum atomic E-state index is 11.3. The average molecular weight is 195 g/mol. The molecule has 1 saturated carbocycles. The summed E-state index contributed by atoms with van der Waals surface area (Å²) in [4.78, 5) is 11.3. The minimum absolute atomic E-state index is 0.173. The van der Waals surface area contributed by atoms with Gasteiger partial charge in [-0.25, -0.2) is 0 Å². The third-order valence-electron chi connectivity index (χ3n) is 4.07. The quantitative estimate of drug-likeness (QED) is 0.737. The summed E-state index contributed by atoms with van der Waals surface area (Å²) in [6.07, 6.45) is 9.73. The Labute approximate surface area is 86.5 Å². The highest BCUT2D eigenvalue weighted by Gasteiger charge is 2.38. The van der Waals surface area contributed by atoms with Gasteiger partial charge in [-0.1, -0.05) is 32.6 Å². The Hall–Kier alpha value is -0.530. The molecule has 1 N–H and O–H groups in total. The van der Waals surface area contributed by atoms with Crippen molar-refractivity contribution < 1.29 is 4.79 Å². The second-order valence-corrected chi connectivity index (χ2v) is 5.04. The number of carbonyl (C=O) groups is 1. The van der Waals surface area contributed by atoms with E-state index >= 15 is 0 Å². The Morgan fingerprint density at radius 2 is 2.14 bits per heavy atom. The highest BCUT2D eigenvalue weighted by Crippen LogP contribution is 2.37. The first-order valence-electron chi connectivity index (χ1n) is 6.05. The van der Waals surface area contributed by atoms with Crippen LogP contribution < -0.4 is 5.32 Å². The Bertz CT molecular complexity index is 220. The lowest BCUT2D eigenvalue weighted by atomic mass is 9.83. The molecule has 1 atom stereocenters. The minimum atomic E-state index is 0.173. The van der Waals surface area contributed by atoms with Gasteiger partial charge in [0, 0.05) is 12.0 Å². The summed E-state index contributed by atoms with van der Waals surface area (Å²) in [6, 6.07) is 0. The van der Waals surface area contributed by atoms with Gasteiger partial charge in [-0.3, -0.25) is 4.79 Å². The molecular weight excluding hydrogens is 174 g/mol. The molecule has 2 fully saturated rings. The summed E-state index contributed by atoms with van der Waals surface area (Å²) in [7, 11) is 0. The Balaban J connectivity index is 1.94. The van der Waals surface area contributed by atoms with Crippen LogP contribution in [0.1, 0.15) is 58.3 Å². The molecule has 1 amide bonds. The maximum Gasteiger partial charge on any atom is 0.220 e. The van der Waals surface area contributed by atoms with Crippen molar-refractivity contribution >= 4 is 5.91 Å². The summed E-state index contributed by atoms with van der Waals surface area (Å²) >= 11 is 0. The fourth-order valence-corrected chi connectivity index (χ4v) is 3.10. The smallest absolute Gasteiger partial charge is 0.220 e. The highest BCUT2D eigenvalue weighted by molar-refractivity contribution is 5.79. The molecule has 2 rings (SSSR count). The lowest BCUT2D eigenvalue weighted by molar-refractivity contribution is -0.119. The summed E-state index contributed by atoms with van der Waals surface area (Å²) < 4.78 is 0. The number of nitrogens with one attached hydrogen (secondary N) is 1. The molecule has 1 unspecified atom stereocenters. The van der Waals surface area contributed by atoms with Crippen LogP contribution in [0.4, 0.5) is 0 Å². The molecule has 80 valence electrons. The van der Waals surface area contributed by atoms with Crippen molar-refractivity contribution in [2.45, 2.75) is 63.8 Å². The molecule has 1 aliphatic carbocycles. The van der Waals surface area contributed by atoms with E-state index in [-0.39, 0.29) is 11.4 Å². The number of rotatable bonds is 3. The van der Waals surface area contributed by atoms with E-state index in [1.807, 2.05) is 0 Å². The second kappa shape index (κ2) is 3.92. The normalized spacial score (nSPS) is 33.6. The van der Waals surface area contributed by atoms with E-state index in [0.717, 1.165) is 25.2 Å². The molecule has 0 aromatic heterocycles. The fourth-order valence-electron chi connectivity index (χ4n) is 3.10. The van der Waals surface area contributed by atoms with Crippen molar-refractivity contribution in [2.24, 2.45) is 5.92 Å². The summed E-state index contributed by atoms with van der Waals surface area (Å²) in [5.41, 5.74) is 0.173. The van der Waals surface area contributed by atoms with E-state index in [4.69, 9.17) is 0 Å². The molecule has 2 heteroatoms. The van der Waals surface area contributed by atoms with Gasteiger partial charge >= 0.3 is 0 Å². The SMILES string of the molecule is CCC1(CC2CCCC2)CCC(=O)N1. The van der Waals surface area contributed by atoms with Gasteiger partial charge in [0.05, 0.1) is 0 Å².